The molecule has 1 aromatic rings. The number of nitrogens with zero attached hydrogens (tertiary/aromatic N) is 2. The normalized spacial score (nSPS) is 31.0. The fourth-order valence-corrected chi connectivity index (χ4v) is 4.92. The molecule has 4 rings (SSSR count). The number of nitrogens with one attached hydrogen (secondary N) is 2. The lowest BCUT2D eigenvalue weighted by molar-refractivity contribution is -0.137. The van der Waals surface area contributed by atoms with Crippen molar-refractivity contribution >= 4 is 5.91 Å². The number of amides is 1. The van der Waals surface area contributed by atoms with E-state index in [1.807, 2.05) is 11.8 Å². The molecule has 0 unspecified atom stereocenters. The topological polar surface area (TPSA) is 72.2 Å². The van der Waals surface area contributed by atoms with Gasteiger partial charge < -0.3 is 10.00 Å². The van der Waals surface area contributed by atoms with Gasteiger partial charge in [0.15, 0.2) is 0 Å². The molecular weight excluding hydrogens is 292 g/mol. The van der Waals surface area contributed by atoms with Crippen LogP contribution in [0.15, 0.2) is 4.79 Å². The number of hydrogen-bond acceptors (Lipinski definition) is 3. The zero-order valence-corrected chi connectivity index (χ0v) is 13.8. The van der Waals surface area contributed by atoms with Crippen LogP contribution in [-0.4, -0.2) is 58.1 Å². The Kier molecular flexibility index (Phi) is 3.79. The van der Waals surface area contributed by atoms with Crippen LogP contribution in [0, 0.1) is 18.8 Å². The second-order valence-electron chi connectivity index (χ2n) is 7.58. The molecule has 0 aromatic carbocycles. The molecule has 6 heteroatoms. The number of likely N-dealkylation sites (tertiary alicyclic amines) is 1. The Morgan fingerprint density at radius 2 is 2.09 bits per heavy atom. The zero-order valence-electron chi connectivity index (χ0n) is 13.8. The summed E-state index contributed by atoms with van der Waals surface area (Å²) in [5.41, 5.74) is 1.20. The van der Waals surface area contributed by atoms with Crippen LogP contribution >= 0.6 is 0 Å². The van der Waals surface area contributed by atoms with Crippen LogP contribution in [0.2, 0.25) is 0 Å². The van der Waals surface area contributed by atoms with E-state index in [1.54, 1.807) is 0 Å². The van der Waals surface area contributed by atoms with Crippen LogP contribution in [0.4, 0.5) is 0 Å². The summed E-state index contributed by atoms with van der Waals surface area (Å²) in [6, 6.07) is 0.674. The number of carbonyl (C=O) groups excluding carboxylic acids is 1. The molecule has 3 aliphatic heterocycles. The first kappa shape index (κ1) is 15.0. The van der Waals surface area contributed by atoms with E-state index in [0.29, 0.717) is 23.4 Å². The van der Waals surface area contributed by atoms with E-state index in [4.69, 9.17) is 0 Å². The summed E-state index contributed by atoms with van der Waals surface area (Å²) >= 11 is 0. The van der Waals surface area contributed by atoms with Crippen molar-refractivity contribution in [2.24, 2.45) is 11.8 Å². The van der Waals surface area contributed by atoms with Gasteiger partial charge in [0.05, 0.1) is 6.42 Å². The number of carbonyl (C=O) groups is 1. The highest BCUT2D eigenvalue weighted by molar-refractivity contribution is 5.79. The fraction of sp³-hybridized carbons (Fsp3) is 0.765. The van der Waals surface area contributed by atoms with E-state index in [2.05, 4.69) is 15.1 Å². The van der Waals surface area contributed by atoms with Gasteiger partial charge in [0, 0.05) is 36.9 Å². The lowest BCUT2D eigenvalue weighted by atomic mass is 9.76. The summed E-state index contributed by atoms with van der Waals surface area (Å²) in [7, 11) is 0. The zero-order chi connectivity index (χ0) is 16.0. The summed E-state index contributed by atoms with van der Waals surface area (Å²) in [6.45, 7) is 5.96. The number of aryl methyl sites for hydroxylation is 1. The lowest BCUT2D eigenvalue weighted by Gasteiger charge is -2.52. The Labute approximate surface area is 136 Å². The average molecular weight is 318 g/mol. The Hall–Kier alpha value is -1.56. The molecule has 0 spiro atoms. The van der Waals surface area contributed by atoms with Crippen molar-refractivity contribution < 1.29 is 4.79 Å². The van der Waals surface area contributed by atoms with Crippen LogP contribution in [0.3, 0.4) is 0 Å². The van der Waals surface area contributed by atoms with Crippen molar-refractivity contribution in [3.05, 3.63) is 21.6 Å². The number of piperidine rings is 3. The maximum atomic E-state index is 12.7. The molecule has 6 nitrogen and oxygen atoms in total. The largest absolute Gasteiger partial charge is 0.342 e. The number of aromatic nitrogens is 2. The third kappa shape index (κ3) is 2.73. The predicted octanol–water partition coefficient (Wildman–Crippen LogP) is 0.887. The Morgan fingerprint density at radius 3 is 2.87 bits per heavy atom. The van der Waals surface area contributed by atoms with Gasteiger partial charge >= 0.3 is 0 Å². The molecule has 3 saturated heterocycles. The molecule has 0 aliphatic carbocycles. The summed E-state index contributed by atoms with van der Waals surface area (Å²) < 4.78 is 0. The van der Waals surface area contributed by atoms with Crippen LogP contribution < -0.4 is 5.56 Å². The lowest BCUT2D eigenvalue weighted by Crippen LogP contribution is -2.60. The van der Waals surface area contributed by atoms with Gasteiger partial charge in [-0.3, -0.25) is 19.6 Å². The summed E-state index contributed by atoms with van der Waals surface area (Å²) in [5, 5.41) is 5.37. The maximum absolute atomic E-state index is 12.7. The number of rotatable bonds is 2. The van der Waals surface area contributed by atoms with Crippen molar-refractivity contribution in [1.29, 1.82) is 0 Å². The van der Waals surface area contributed by atoms with Crippen LogP contribution in [-0.2, 0) is 11.2 Å². The van der Waals surface area contributed by atoms with Gasteiger partial charge in [0.25, 0.3) is 5.56 Å². The molecule has 2 bridgehead atoms. The smallest absolute Gasteiger partial charge is 0.267 e. The number of hydrogen-bond donors (Lipinski definition) is 2. The minimum absolute atomic E-state index is 0.108. The number of aromatic amines is 2. The fourth-order valence-electron chi connectivity index (χ4n) is 4.92. The van der Waals surface area contributed by atoms with Crippen LogP contribution in [0.5, 0.6) is 0 Å². The Balaban J connectivity index is 1.46. The van der Waals surface area contributed by atoms with Crippen molar-refractivity contribution in [2.75, 3.05) is 26.2 Å². The third-order valence-corrected chi connectivity index (χ3v) is 6.04. The molecular formula is C17H26N4O2. The van der Waals surface area contributed by atoms with Crippen molar-refractivity contribution in [3.8, 4) is 0 Å². The molecule has 23 heavy (non-hydrogen) atoms. The molecule has 3 aliphatic rings. The minimum atomic E-state index is -0.161. The molecule has 2 N–H and O–H groups in total. The Bertz CT molecular complexity index is 649. The summed E-state index contributed by atoms with van der Waals surface area (Å²) in [5.74, 6) is 1.34. The van der Waals surface area contributed by atoms with Crippen LogP contribution in [0.1, 0.15) is 36.9 Å². The van der Waals surface area contributed by atoms with E-state index >= 15 is 0 Å². The summed E-state index contributed by atoms with van der Waals surface area (Å²) in [4.78, 5) is 29.2. The van der Waals surface area contributed by atoms with Gasteiger partial charge in [0.1, 0.15) is 0 Å². The van der Waals surface area contributed by atoms with Crippen molar-refractivity contribution in [3.63, 3.8) is 0 Å². The van der Waals surface area contributed by atoms with Gasteiger partial charge in [-0.2, -0.15) is 0 Å². The highest BCUT2D eigenvalue weighted by atomic mass is 16.2. The van der Waals surface area contributed by atoms with E-state index in [1.165, 1.54) is 32.2 Å². The molecule has 126 valence electrons. The maximum Gasteiger partial charge on any atom is 0.267 e. The summed E-state index contributed by atoms with van der Waals surface area (Å²) in [6.07, 6.45) is 5.44. The minimum Gasteiger partial charge on any atom is -0.342 e. The van der Waals surface area contributed by atoms with Gasteiger partial charge in [-0.25, -0.2) is 0 Å². The van der Waals surface area contributed by atoms with Crippen molar-refractivity contribution in [1.82, 2.24) is 20.0 Å². The van der Waals surface area contributed by atoms with Gasteiger partial charge in [-0.15, -0.1) is 0 Å². The third-order valence-electron chi connectivity index (χ3n) is 6.04. The van der Waals surface area contributed by atoms with Gasteiger partial charge in [-0.05, 0) is 44.6 Å². The van der Waals surface area contributed by atoms with E-state index in [9.17, 15) is 9.59 Å². The predicted molar refractivity (Wildman–Crippen MR) is 87.2 cm³/mol. The first-order valence-electron chi connectivity index (χ1n) is 8.89. The highest BCUT2D eigenvalue weighted by Gasteiger charge is 2.42. The van der Waals surface area contributed by atoms with Gasteiger partial charge in [0.2, 0.25) is 5.91 Å². The Morgan fingerprint density at radius 1 is 1.22 bits per heavy atom. The van der Waals surface area contributed by atoms with Gasteiger partial charge in [-0.1, -0.05) is 6.42 Å². The standard InChI is InChI=1S/C17H26N4O2/c1-11-14(17(23)19-18-11)7-16(22)21-9-12-6-13(10-21)15-4-2-3-5-20(15)8-12/h12-13,15H,2-10H2,1H3,(H2,18,19,23)/t12-,13-,15+/m1/s1. The molecule has 0 radical (unpaired) electrons. The second-order valence-corrected chi connectivity index (χ2v) is 7.58. The van der Waals surface area contributed by atoms with E-state index < -0.39 is 0 Å². The highest BCUT2D eigenvalue weighted by Crippen LogP contribution is 2.37. The first-order valence-corrected chi connectivity index (χ1v) is 8.89. The second kappa shape index (κ2) is 5.82. The molecule has 1 amide bonds. The molecule has 0 saturated carbocycles. The number of H-pyrrole nitrogens is 2. The number of fused-ring (bicyclic) bond motifs is 4. The molecule has 1 aromatic heterocycles. The molecule has 4 heterocycles. The van der Waals surface area contributed by atoms with Crippen molar-refractivity contribution in [2.45, 2.75) is 45.1 Å². The molecule has 3 fully saturated rings. The average Bonchev–Trinajstić information content (AvgIpc) is 2.86. The van der Waals surface area contributed by atoms with E-state index in [0.717, 1.165) is 25.3 Å². The van der Waals surface area contributed by atoms with Crippen LogP contribution in [0.25, 0.3) is 0 Å². The molecule has 3 atom stereocenters. The quantitative estimate of drug-likeness (QED) is 0.850. The SMILES string of the molecule is Cc1[nH][nH]c(=O)c1CC(=O)N1C[C@@H]2C[C@H](C1)[C@@H]1CCCCN1C2. The van der Waals surface area contributed by atoms with E-state index in [-0.39, 0.29) is 17.9 Å². The monoisotopic (exact) mass is 318 g/mol. The first-order chi connectivity index (χ1) is 11.1.